The van der Waals surface area contributed by atoms with Gasteiger partial charge in [-0.2, -0.15) is 0 Å². The molecule has 0 aliphatic carbocycles. The number of carbonyl (C=O) groups is 1. The fraction of sp³-hybridized carbons (Fsp3) is 0.250. The lowest BCUT2D eigenvalue weighted by Gasteiger charge is -2.26. The Bertz CT molecular complexity index is 1040. The summed E-state index contributed by atoms with van der Waals surface area (Å²) in [7, 11) is 0. The summed E-state index contributed by atoms with van der Waals surface area (Å²) < 4.78 is 12.6. The van der Waals surface area contributed by atoms with Crippen molar-refractivity contribution >= 4 is 40.3 Å². The molecule has 6 heteroatoms. The van der Waals surface area contributed by atoms with Gasteiger partial charge in [-0.3, -0.25) is 9.69 Å². The van der Waals surface area contributed by atoms with Crippen molar-refractivity contribution in [3.05, 3.63) is 82.3 Å². The van der Waals surface area contributed by atoms with Crippen molar-refractivity contribution in [2.75, 3.05) is 13.2 Å². The molecule has 2 aromatic rings. The van der Waals surface area contributed by atoms with Crippen LogP contribution in [0.2, 0.25) is 0 Å². The molecular formula is C24H21NO3S2. The van der Waals surface area contributed by atoms with Gasteiger partial charge >= 0.3 is 0 Å². The van der Waals surface area contributed by atoms with Gasteiger partial charge in [-0.1, -0.05) is 72.5 Å². The van der Waals surface area contributed by atoms with Crippen molar-refractivity contribution in [1.82, 2.24) is 4.90 Å². The molecule has 152 valence electrons. The number of nitrogens with zero attached hydrogens (tertiary/aromatic N) is 1. The van der Waals surface area contributed by atoms with Crippen LogP contribution >= 0.6 is 24.0 Å². The predicted octanol–water partition coefficient (Wildman–Crippen LogP) is 5.13. The maximum atomic E-state index is 13.1. The second-order valence-corrected chi connectivity index (χ2v) is 9.19. The molecule has 4 nitrogen and oxygen atoms in total. The lowest BCUT2D eigenvalue weighted by molar-refractivity contribution is -0.123. The first-order chi connectivity index (χ1) is 14.7. The van der Waals surface area contributed by atoms with Gasteiger partial charge in [-0.15, -0.1) is 0 Å². The van der Waals surface area contributed by atoms with E-state index in [-0.39, 0.29) is 18.1 Å². The quantitative estimate of drug-likeness (QED) is 0.492. The Kier molecular flexibility index (Phi) is 5.46. The third-order valence-corrected chi connectivity index (χ3v) is 6.85. The molecule has 0 spiro atoms. The summed E-state index contributed by atoms with van der Waals surface area (Å²) in [6.07, 6.45) is 5.85. The number of thioether (sulfide) groups is 1. The first-order valence-electron chi connectivity index (χ1n) is 10.1. The predicted molar refractivity (Wildman–Crippen MR) is 123 cm³/mol. The zero-order valence-electron chi connectivity index (χ0n) is 16.3. The van der Waals surface area contributed by atoms with E-state index >= 15 is 0 Å². The summed E-state index contributed by atoms with van der Waals surface area (Å²) in [5.74, 6) is 0.793. The Morgan fingerprint density at radius 2 is 1.93 bits per heavy atom. The highest BCUT2D eigenvalue weighted by molar-refractivity contribution is 8.26. The summed E-state index contributed by atoms with van der Waals surface area (Å²) in [5.41, 5.74) is 2.99. The minimum Gasteiger partial charge on any atom is -0.480 e. The molecule has 2 saturated heterocycles. The van der Waals surface area contributed by atoms with Crippen LogP contribution in [0.4, 0.5) is 0 Å². The smallest absolute Gasteiger partial charge is 0.266 e. The highest BCUT2D eigenvalue weighted by atomic mass is 32.2. The van der Waals surface area contributed by atoms with Crippen molar-refractivity contribution in [3.63, 3.8) is 0 Å². The molecule has 0 aromatic heterocycles. The number of para-hydroxylation sites is 1. The van der Waals surface area contributed by atoms with Gasteiger partial charge in [0.15, 0.2) is 0 Å². The molecular weight excluding hydrogens is 414 g/mol. The van der Waals surface area contributed by atoms with E-state index in [1.54, 1.807) is 4.90 Å². The van der Waals surface area contributed by atoms with Crippen LogP contribution in [0.5, 0.6) is 5.75 Å². The third kappa shape index (κ3) is 3.83. The van der Waals surface area contributed by atoms with E-state index in [9.17, 15) is 4.79 Å². The molecule has 3 heterocycles. The van der Waals surface area contributed by atoms with Crippen LogP contribution in [0.1, 0.15) is 30.1 Å². The molecule has 2 aromatic carbocycles. The Balaban J connectivity index is 1.47. The molecule has 0 saturated carbocycles. The van der Waals surface area contributed by atoms with Crippen molar-refractivity contribution in [2.45, 2.75) is 25.0 Å². The Morgan fingerprint density at radius 1 is 1.13 bits per heavy atom. The van der Waals surface area contributed by atoms with E-state index in [1.165, 1.54) is 11.8 Å². The summed E-state index contributed by atoms with van der Waals surface area (Å²) in [6, 6.07) is 18.0. The van der Waals surface area contributed by atoms with Gasteiger partial charge < -0.3 is 9.47 Å². The lowest BCUT2D eigenvalue weighted by atomic mass is 9.95. The van der Waals surface area contributed by atoms with Gasteiger partial charge in [0.1, 0.15) is 16.2 Å². The molecule has 0 radical (unpaired) electrons. The molecule has 2 fully saturated rings. The first-order valence-corrected chi connectivity index (χ1v) is 11.3. The standard InChI is InChI=1S/C24H21NO3S2/c26-23-21(30-24(29)25(23)15-19-10-6-12-27-19)14-18-13-17-9-4-5-11-20(17)28-22(18)16-7-2-1-3-8-16/h1-5,7-9,11,13-14,19,22H,6,10,12,15H2/b21-14+/t19-,22-/m0/s1. The van der Waals surface area contributed by atoms with Gasteiger partial charge in [0, 0.05) is 12.2 Å². The lowest BCUT2D eigenvalue weighted by Crippen LogP contribution is -2.35. The molecule has 30 heavy (non-hydrogen) atoms. The van der Waals surface area contributed by atoms with E-state index in [1.807, 2.05) is 60.7 Å². The number of hydrogen-bond donors (Lipinski definition) is 0. The number of hydrogen-bond acceptors (Lipinski definition) is 5. The minimum absolute atomic E-state index is 0.0490. The Morgan fingerprint density at radius 3 is 2.73 bits per heavy atom. The maximum Gasteiger partial charge on any atom is 0.266 e. The van der Waals surface area contributed by atoms with Crippen LogP contribution < -0.4 is 4.74 Å². The number of rotatable bonds is 4. The van der Waals surface area contributed by atoms with Crippen molar-refractivity contribution in [2.24, 2.45) is 0 Å². The largest absolute Gasteiger partial charge is 0.480 e. The Labute approximate surface area is 185 Å². The topological polar surface area (TPSA) is 38.8 Å². The van der Waals surface area contributed by atoms with Gasteiger partial charge in [-0.25, -0.2) is 0 Å². The molecule has 0 bridgehead atoms. The summed E-state index contributed by atoms with van der Waals surface area (Å²) >= 11 is 6.86. The minimum atomic E-state index is -0.275. The number of ether oxygens (including phenoxy) is 2. The van der Waals surface area contributed by atoms with Crippen molar-refractivity contribution < 1.29 is 14.3 Å². The van der Waals surface area contributed by atoms with E-state index < -0.39 is 0 Å². The molecule has 3 aliphatic rings. The second-order valence-electron chi connectivity index (χ2n) is 7.52. The zero-order valence-corrected chi connectivity index (χ0v) is 18.0. The van der Waals surface area contributed by atoms with E-state index in [2.05, 4.69) is 6.08 Å². The number of fused-ring (bicyclic) bond motifs is 1. The van der Waals surface area contributed by atoms with Crippen LogP contribution in [0.3, 0.4) is 0 Å². The average molecular weight is 436 g/mol. The number of thiocarbonyl (C=S) groups is 1. The SMILES string of the molecule is O=C1/C(=C\C2=Cc3ccccc3O[C@H]2c2ccccc2)SC(=S)N1C[C@@H]1CCCO1. The molecule has 3 aliphatic heterocycles. The fourth-order valence-corrected chi connectivity index (χ4v) is 5.24. The number of benzene rings is 2. The number of amides is 1. The summed E-state index contributed by atoms with van der Waals surface area (Å²) in [5, 5.41) is 0. The van der Waals surface area contributed by atoms with Crippen LogP contribution in [0.25, 0.3) is 6.08 Å². The van der Waals surface area contributed by atoms with Gasteiger partial charge in [0.2, 0.25) is 0 Å². The molecule has 5 rings (SSSR count). The van der Waals surface area contributed by atoms with Crippen LogP contribution in [0.15, 0.2) is 71.2 Å². The second kappa shape index (κ2) is 8.38. The van der Waals surface area contributed by atoms with E-state index in [4.69, 9.17) is 21.7 Å². The normalized spacial score (nSPS) is 24.7. The summed E-state index contributed by atoms with van der Waals surface area (Å²) in [4.78, 5) is 15.4. The summed E-state index contributed by atoms with van der Waals surface area (Å²) in [6.45, 7) is 1.29. The zero-order chi connectivity index (χ0) is 20.5. The van der Waals surface area contributed by atoms with E-state index in [0.29, 0.717) is 15.8 Å². The number of carbonyl (C=O) groups excluding carboxylic acids is 1. The highest BCUT2D eigenvalue weighted by Gasteiger charge is 2.35. The highest BCUT2D eigenvalue weighted by Crippen LogP contribution is 2.41. The van der Waals surface area contributed by atoms with Gasteiger partial charge in [0.25, 0.3) is 5.91 Å². The van der Waals surface area contributed by atoms with Gasteiger partial charge in [-0.05, 0) is 42.2 Å². The first kappa shape index (κ1) is 19.5. The Hall–Kier alpha value is -2.41. The van der Waals surface area contributed by atoms with Crippen molar-refractivity contribution in [3.8, 4) is 5.75 Å². The fourth-order valence-electron chi connectivity index (χ4n) is 3.96. The molecule has 1 amide bonds. The molecule has 0 unspecified atom stereocenters. The van der Waals surface area contributed by atoms with Gasteiger partial charge in [0.05, 0.1) is 17.6 Å². The molecule has 0 N–H and O–H groups in total. The monoisotopic (exact) mass is 435 g/mol. The van der Waals surface area contributed by atoms with Crippen molar-refractivity contribution in [1.29, 1.82) is 0 Å². The molecule has 2 atom stereocenters. The average Bonchev–Trinajstić information content (AvgIpc) is 3.38. The van der Waals surface area contributed by atoms with E-state index in [0.717, 1.165) is 41.9 Å². The van der Waals surface area contributed by atoms with Crippen LogP contribution in [-0.2, 0) is 9.53 Å². The third-order valence-electron chi connectivity index (χ3n) is 5.47. The van der Waals surface area contributed by atoms with Crippen LogP contribution in [0, 0.1) is 0 Å². The maximum absolute atomic E-state index is 13.1. The van der Waals surface area contributed by atoms with Crippen LogP contribution in [-0.4, -0.2) is 34.4 Å².